The summed E-state index contributed by atoms with van der Waals surface area (Å²) in [7, 11) is 3.98. The molecule has 2 rings (SSSR count). The average molecular weight is 222 g/mol. The van der Waals surface area contributed by atoms with Gasteiger partial charge in [0.05, 0.1) is 0 Å². The van der Waals surface area contributed by atoms with Gasteiger partial charge in [0.25, 0.3) is 5.91 Å². The summed E-state index contributed by atoms with van der Waals surface area (Å²) in [5.74, 6) is 0.418. The summed E-state index contributed by atoms with van der Waals surface area (Å²) in [6, 6.07) is 0.341. The molecule has 0 spiro atoms. The molecule has 5 nitrogen and oxygen atoms in total. The Morgan fingerprint density at radius 1 is 1.56 bits per heavy atom. The van der Waals surface area contributed by atoms with E-state index in [0.717, 1.165) is 25.9 Å². The molecule has 0 saturated carbocycles. The fourth-order valence-electron chi connectivity index (χ4n) is 2.10. The lowest BCUT2D eigenvalue weighted by Crippen LogP contribution is -2.44. The van der Waals surface area contributed by atoms with Gasteiger partial charge in [-0.1, -0.05) is 0 Å². The highest BCUT2D eigenvalue weighted by Crippen LogP contribution is 2.15. The van der Waals surface area contributed by atoms with Crippen molar-refractivity contribution >= 4 is 5.91 Å². The summed E-state index contributed by atoms with van der Waals surface area (Å²) in [5.41, 5.74) is 0. The minimum Gasteiger partial charge on any atom is -0.341 e. The second-order valence-corrected chi connectivity index (χ2v) is 4.39. The average Bonchev–Trinajstić information content (AvgIpc) is 2.81. The highest BCUT2D eigenvalue weighted by molar-refractivity contribution is 5.90. The lowest BCUT2D eigenvalue weighted by atomic mass is 10.0. The van der Waals surface area contributed by atoms with Crippen LogP contribution in [0.15, 0.2) is 12.4 Å². The van der Waals surface area contributed by atoms with Crippen molar-refractivity contribution in [2.24, 2.45) is 0 Å². The van der Waals surface area contributed by atoms with Crippen LogP contribution in [0.1, 0.15) is 23.5 Å². The van der Waals surface area contributed by atoms with Crippen molar-refractivity contribution < 1.29 is 4.79 Å². The van der Waals surface area contributed by atoms with E-state index < -0.39 is 0 Å². The maximum atomic E-state index is 12.0. The minimum atomic E-state index is -0.0143. The van der Waals surface area contributed by atoms with Crippen LogP contribution in [0, 0.1) is 0 Å². The van der Waals surface area contributed by atoms with Gasteiger partial charge < -0.3 is 14.8 Å². The molecule has 1 saturated heterocycles. The van der Waals surface area contributed by atoms with Crippen molar-refractivity contribution in [3.05, 3.63) is 18.2 Å². The minimum absolute atomic E-state index is 0.0143. The predicted octanol–water partition coefficient (Wildman–Crippen LogP) is 0.576. The normalized spacial score (nSPS) is 18.6. The number of aromatic amines is 1. The van der Waals surface area contributed by atoms with Crippen molar-refractivity contribution in [3.63, 3.8) is 0 Å². The largest absolute Gasteiger partial charge is 0.341 e. The lowest BCUT2D eigenvalue weighted by Gasteiger charge is -2.34. The van der Waals surface area contributed by atoms with Gasteiger partial charge >= 0.3 is 0 Å². The van der Waals surface area contributed by atoms with Crippen LogP contribution in [-0.4, -0.2) is 58.9 Å². The molecule has 0 radical (unpaired) electrons. The predicted molar refractivity (Wildman–Crippen MR) is 61.2 cm³/mol. The molecule has 1 aliphatic heterocycles. The standard InChI is InChI=1S/C11H18N4O/c1-14-7-3-9(4-8-14)15(2)11(16)10-12-5-6-13-10/h5-6,9H,3-4,7-8H2,1-2H3,(H,12,13). The molecule has 1 aliphatic rings. The Kier molecular flexibility index (Phi) is 3.24. The molecule has 0 unspecified atom stereocenters. The number of H-pyrrole nitrogens is 1. The van der Waals surface area contributed by atoms with Crippen molar-refractivity contribution in [2.45, 2.75) is 18.9 Å². The van der Waals surface area contributed by atoms with Crippen LogP contribution in [0.25, 0.3) is 0 Å². The number of carbonyl (C=O) groups excluding carboxylic acids is 1. The third-order valence-electron chi connectivity index (χ3n) is 3.26. The van der Waals surface area contributed by atoms with E-state index in [4.69, 9.17) is 0 Å². The number of carbonyl (C=O) groups is 1. The number of nitrogens with zero attached hydrogens (tertiary/aromatic N) is 3. The molecule has 5 heteroatoms. The topological polar surface area (TPSA) is 52.2 Å². The lowest BCUT2D eigenvalue weighted by molar-refractivity contribution is 0.0648. The molecule has 1 aromatic heterocycles. The second-order valence-electron chi connectivity index (χ2n) is 4.39. The van der Waals surface area contributed by atoms with E-state index in [2.05, 4.69) is 21.9 Å². The molecule has 0 bridgehead atoms. The molecule has 1 N–H and O–H groups in total. The molecule has 0 aromatic carbocycles. The van der Waals surface area contributed by atoms with E-state index in [1.807, 2.05) is 11.9 Å². The van der Waals surface area contributed by atoms with Gasteiger partial charge in [0.15, 0.2) is 5.82 Å². The van der Waals surface area contributed by atoms with Crippen molar-refractivity contribution in [1.82, 2.24) is 19.8 Å². The van der Waals surface area contributed by atoms with Crippen LogP contribution in [0.5, 0.6) is 0 Å². The van der Waals surface area contributed by atoms with E-state index in [0.29, 0.717) is 11.9 Å². The number of piperidine rings is 1. The summed E-state index contributed by atoms with van der Waals surface area (Å²) < 4.78 is 0. The Hall–Kier alpha value is -1.36. The van der Waals surface area contributed by atoms with Crippen molar-refractivity contribution in [3.8, 4) is 0 Å². The van der Waals surface area contributed by atoms with Gasteiger partial charge in [-0.2, -0.15) is 0 Å². The third kappa shape index (κ3) is 2.24. The number of imidazole rings is 1. The molecule has 1 amide bonds. The number of hydrogen-bond donors (Lipinski definition) is 1. The van der Waals surface area contributed by atoms with E-state index >= 15 is 0 Å². The molecular formula is C11H18N4O. The maximum Gasteiger partial charge on any atom is 0.289 e. The maximum absolute atomic E-state index is 12.0. The van der Waals surface area contributed by atoms with Crippen LogP contribution in [0.2, 0.25) is 0 Å². The SMILES string of the molecule is CN1CCC(N(C)C(=O)c2ncc[nH]2)CC1. The zero-order valence-electron chi connectivity index (χ0n) is 9.81. The summed E-state index contributed by atoms with van der Waals surface area (Å²) >= 11 is 0. The van der Waals surface area contributed by atoms with Crippen LogP contribution in [-0.2, 0) is 0 Å². The summed E-state index contributed by atoms with van der Waals surface area (Å²) in [6.45, 7) is 2.11. The van der Waals surface area contributed by atoms with Crippen LogP contribution in [0.3, 0.4) is 0 Å². The van der Waals surface area contributed by atoms with Crippen LogP contribution >= 0.6 is 0 Å². The molecule has 0 atom stereocenters. The van der Waals surface area contributed by atoms with E-state index in [1.54, 1.807) is 12.4 Å². The van der Waals surface area contributed by atoms with E-state index in [1.165, 1.54) is 0 Å². The van der Waals surface area contributed by atoms with Gasteiger partial charge in [-0.05, 0) is 33.0 Å². The first-order valence-electron chi connectivity index (χ1n) is 5.63. The first-order chi connectivity index (χ1) is 7.68. The summed E-state index contributed by atoms with van der Waals surface area (Å²) in [6.07, 6.45) is 5.37. The first-order valence-corrected chi connectivity index (χ1v) is 5.63. The molecule has 0 aliphatic carbocycles. The Morgan fingerprint density at radius 3 is 2.81 bits per heavy atom. The zero-order valence-corrected chi connectivity index (χ0v) is 9.81. The first kappa shape index (κ1) is 11.1. The Morgan fingerprint density at radius 2 is 2.25 bits per heavy atom. The number of amides is 1. The van der Waals surface area contributed by atoms with Gasteiger partial charge in [0.2, 0.25) is 0 Å². The molecule has 16 heavy (non-hydrogen) atoms. The van der Waals surface area contributed by atoms with E-state index in [-0.39, 0.29) is 5.91 Å². The van der Waals surface area contributed by atoms with Crippen LogP contribution < -0.4 is 0 Å². The zero-order chi connectivity index (χ0) is 11.5. The Labute approximate surface area is 95.5 Å². The van der Waals surface area contributed by atoms with Gasteiger partial charge in [-0.25, -0.2) is 4.98 Å². The summed E-state index contributed by atoms with van der Waals surface area (Å²) in [5, 5.41) is 0. The smallest absolute Gasteiger partial charge is 0.289 e. The fraction of sp³-hybridized carbons (Fsp3) is 0.636. The molecular weight excluding hydrogens is 204 g/mol. The number of hydrogen-bond acceptors (Lipinski definition) is 3. The summed E-state index contributed by atoms with van der Waals surface area (Å²) in [4.78, 5) is 23.0. The molecule has 2 heterocycles. The highest BCUT2D eigenvalue weighted by atomic mass is 16.2. The van der Waals surface area contributed by atoms with Gasteiger partial charge in [-0.3, -0.25) is 4.79 Å². The van der Waals surface area contributed by atoms with Crippen molar-refractivity contribution in [2.75, 3.05) is 27.2 Å². The van der Waals surface area contributed by atoms with E-state index in [9.17, 15) is 4.79 Å². The Bertz CT molecular complexity index is 341. The number of aromatic nitrogens is 2. The van der Waals surface area contributed by atoms with Crippen LogP contribution in [0.4, 0.5) is 0 Å². The van der Waals surface area contributed by atoms with Gasteiger partial charge in [0, 0.05) is 25.5 Å². The number of rotatable bonds is 2. The monoisotopic (exact) mass is 222 g/mol. The second kappa shape index (κ2) is 4.65. The quantitative estimate of drug-likeness (QED) is 0.796. The number of likely N-dealkylation sites (tertiary alicyclic amines) is 1. The van der Waals surface area contributed by atoms with Crippen molar-refractivity contribution in [1.29, 1.82) is 0 Å². The van der Waals surface area contributed by atoms with Gasteiger partial charge in [0.1, 0.15) is 0 Å². The third-order valence-corrected chi connectivity index (χ3v) is 3.26. The fourth-order valence-corrected chi connectivity index (χ4v) is 2.10. The molecule has 1 aromatic rings. The molecule has 1 fully saturated rings. The van der Waals surface area contributed by atoms with Gasteiger partial charge in [-0.15, -0.1) is 0 Å². The highest BCUT2D eigenvalue weighted by Gasteiger charge is 2.25. The molecule has 88 valence electrons. The Balaban J connectivity index is 1.97. The number of nitrogens with one attached hydrogen (secondary N) is 1.